The Bertz CT molecular complexity index is 591. The van der Waals surface area contributed by atoms with Crippen LogP contribution in [-0.2, 0) is 20.6 Å². The third-order valence-electron chi connectivity index (χ3n) is 4.09. The Morgan fingerprint density at radius 1 is 1.29 bits per heavy atom. The molecule has 1 aromatic rings. The first-order valence-corrected chi connectivity index (χ1v) is 12.0. The normalized spacial score (nSPS) is 12.5. The fourth-order valence-electron chi connectivity index (χ4n) is 1.56. The van der Waals surface area contributed by atoms with E-state index >= 15 is 0 Å². The third kappa shape index (κ3) is 6.56. The summed E-state index contributed by atoms with van der Waals surface area (Å²) in [6.45, 7) is 13.8. The van der Waals surface area contributed by atoms with Crippen LogP contribution in [0.5, 0.6) is 5.75 Å². The highest BCUT2D eigenvalue weighted by Crippen LogP contribution is 2.37. The van der Waals surface area contributed by atoms with Crippen LogP contribution in [0.15, 0.2) is 30.5 Å². The van der Waals surface area contributed by atoms with Crippen LogP contribution in [0.4, 0.5) is 0 Å². The monoisotopic (exact) mass is 462 g/mol. The molecule has 0 aliphatic rings. The first-order chi connectivity index (χ1) is 11.1. The lowest BCUT2D eigenvalue weighted by molar-refractivity contribution is -0.137. The van der Waals surface area contributed by atoms with Crippen molar-refractivity contribution in [2.24, 2.45) is 0 Å². The van der Waals surface area contributed by atoms with Gasteiger partial charge >= 0.3 is 5.97 Å². The van der Waals surface area contributed by atoms with Crippen LogP contribution >= 0.6 is 22.6 Å². The fourth-order valence-corrected chi connectivity index (χ4v) is 2.98. The molecule has 1 aromatic carbocycles. The van der Waals surface area contributed by atoms with Gasteiger partial charge < -0.3 is 13.9 Å². The van der Waals surface area contributed by atoms with Crippen molar-refractivity contribution in [1.29, 1.82) is 0 Å². The summed E-state index contributed by atoms with van der Waals surface area (Å²) in [5.41, 5.74) is 1.06. The van der Waals surface area contributed by atoms with Crippen LogP contribution in [0.25, 0.3) is 0 Å². The van der Waals surface area contributed by atoms with Gasteiger partial charge in [-0.2, -0.15) is 0 Å². The predicted octanol–water partition coefficient (Wildman–Crippen LogP) is 5.27. The van der Waals surface area contributed by atoms with E-state index in [2.05, 4.69) is 56.5 Å². The zero-order valence-electron chi connectivity index (χ0n) is 15.3. The summed E-state index contributed by atoms with van der Waals surface area (Å²) >= 11 is 2.20. The van der Waals surface area contributed by atoms with E-state index in [-0.39, 0.29) is 5.04 Å². The standard InChI is InChI=1S/C18H27IO4Si/c1-7-21-17(20)10-11-22-16-12-14(8-9-15(16)19)13-23-24(5,6)18(2,3)4/h8-12H,7,13H2,1-6H3/b11-10+. The van der Waals surface area contributed by atoms with E-state index in [1.165, 1.54) is 12.3 Å². The van der Waals surface area contributed by atoms with E-state index in [0.29, 0.717) is 19.0 Å². The van der Waals surface area contributed by atoms with Crippen molar-refractivity contribution in [2.45, 2.75) is 52.4 Å². The summed E-state index contributed by atoms with van der Waals surface area (Å²) in [6, 6.07) is 5.97. The number of ether oxygens (including phenoxy) is 2. The Balaban J connectivity index is 2.74. The summed E-state index contributed by atoms with van der Waals surface area (Å²) in [7, 11) is -1.79. The zero-order valence-corrected chi connectivity index (χ0v) is 18.5. The highest BCUT2D eigenvalue weighted by Gasteiger charge is 2.37. The summed E-state index contributed by atoms with van der Waals surface area (Å²) in [4.78, 5) is 11.3. The maximum absolute atomic E-state index is 11.3. The molecule has 0 N–H and O–H groups in total. The summed E-state index contributed by atoms with van der Waals surface area (Å²) in [6.07, 6.45) is 2.63. The second kappa shape index (κ2) is 9.01. The van der Waals surface area contributed by atoms with Crippen molar-refractivity contribution in [3.8, 4) is 5.75 Å². The number of halogens is 1. The summed E-state index contributed by atoms with van der Waals surface area (Å²) in [5, 5.41) is 0.178. The molecule has 134 valence electrons. The molecule has 0 radical (unpaired) electrons. The molecule has 1 rings (SSSR count). The van der Waals surface area contributed by atoms with Gasteiger partial charge in [-0.3, -0.25) is 0 Å². The van der Waals surface area contributed by atoms with Crippen molar-refractivity contribution >= 4 is 36.9 Å². The van der Waals surface area contributed by atoms with Gasteiger partial charge in [-0.1, -0.05) is 26.8 Å². The van der Waals surface area contributed by atoms with Gasteiger partial charge in [-0.15, -0.1) is 0 Å². The molecule has 0 atom stereocenters. The lowest BCUT2D eigenvalue weighted by Gasteiger charge is -2.36. The second-order valence-corrected chi connectivity index (χ2v) is 13.0. The molecule has 0 saturated carbocycles. The molecule has 0 saturated heterocycles. The minimum Gasteiger partial charge on any atom is -0.464 e. The fraction of sp³-hybridized carbons (Fsp3) is 0.500. The molecule has 0 fully saturated rings. The molecule has 0 spiro atoms. The van der Waals surface area contributed by atoms with E-state index in [1.54, 1.807) is 6.92 Å². The molecule has 6 heteroatoms. The Morgan fingerprint density at radius 3 is 2.54 bits per heavy atom. The minimum atomic E-state index is -1.79. The molecule has 0 amide bonds. The minimum absolute atomic E-state index is 0.178. The average Bonchev–Trinajstić information content (AvgIpc) is 2.47. The molecule has 0 heterocycles. The van der Waals surface area contributed by atoms with Gasteiger partial charge in [-0.25, -0.2) is 4.79 Å². The Hall–Kier alpha value is -0.863. The van der Waals surface area contributed by atoms with Crippen LogP contribution < -0.4 is 4.74 Å². The molecule has 4 nitrogen and oxygen atoms in total. The molecular weight excluding hydrogens is 435 g/mol. The van der Waals surface area contributed by atoms with Crippen molar-refractivity contribution < 1.29 is 18.7 Å². The zero-order chi connectivity index (χ0) is 18.4. The first kappa shape index (κ1) is 21.2. The van der Waals surface area contributed by atoms with Crippen molar-refractivity contribution in [2.75, 3.05) is 6.61 Å². The van der Waals surface area contributed by atoms with Crippen molar-refractivity contribution in [3.05, 3.63) is 39.7 Å². The van der Waals surface area contributed by atoms with Crippen LogP contribution in [0, 0.1) is 3.57 Å². The van der Waals surface area contributed by atoms with E-state index in [4.69, 9.17) is 13.9 Å². The highest BCUT2D eigenvalue weighted by molar-refractivity contribution is 14.1. The third-order valence-corrected chi connectivity index (χ3v) is 9.46. The Labute approximate surface area is 159 Å². The Morgan fingerprint density at radius 2 is 1.96 bits per heavy atom. The van der Waals surface area contributed by atoms with Crippen molar-refractivity contribution in [3.63, 3.8) is 0 Å². The van der Waals surface area contributed by atoms with Gasteiger partial charge in [0.1, 0.15) is 5.75 Å². The molecule has 24 heavy (non-hydrogen) atoms. The van der Waals surface area contributed by atoms with Gasteiger partial charge in [0, 0.05) is 0 Å². The van der Waals surface area contributed by atoms with Crippen LogP contribution in [0.3, 0.4) is 0 Å². The Kier molecular flexibility index (Phi) is 7.95. The number of hydrogen-bond acceptors (Lipinski definition) is 4. The number of esters is 1. The quantitative estimate of drug-likeness (QED) is 0.182. The molecule has 0 unspecified atom stereocenters. The SMILES string of the molecule is CCOC(=O)/C=C/Oc1cc(CO[Si](C)(C)C(C)(C)C)ccc1I. The topological polar surface area (TPSA) is 44.8 Å². The molecule has 0 aliphatic heterocycles. The van der Waals surface area contributed by atoms with Crippen molar-refractivity contribution in [1.82, 2.24) is 0 Å². The van der Waals surface area contributed by atoms with Crippen LogP contribution in [0.2, 0.25) is 18.1 Å². The van der Waals surface area contributed by atoms with E-state index in [9.17, 15) is 4.79 Å². The maximum atomic E-state index is 11.3. The predicted molar refractivity (Wildman–Crippen MR) is 108 cm³/mol. The maximum Gasteiger partial charge on any atom is 0.333 e. The van der Waals surface area contributed by atoms with Crippen LogP contribution in [0.1, 0.15) is 33.3 Å². The number of carbonyl (C=O) groups is 1. The molecule has 0 bridgehead atoms. The number of benzene rings is 1. The van der Waals surface area contributed by atoms with Gasteiger partial charge in [0.2, 0.25) is 0 Å². The summed E-state index contributed by atoms with van der Waals surface area (Å²) in [5.74, 6) is 0.289. The number of rotatable bonds is 7. The number of hydrogen-bond donors (Lipinski definition) is 0. The molecule has 0 aromatic heterocycles. The van der Waals surface area contributed by atoms with E-state index in [1.807, 2.05) is 18.2 Å². The highest BCUT2D eigenvalue weighted by atomic mass is 127. The van der Waals surface area contributed by atoms with Gasteiger partial charge in [0.15, 0.2) is 8.32 Å². The first-order valence-electron chi connectivity index (χ1n) is 7.99. The van der Waals surface area contributed by atoms with E-state index < -0.39 is 14.3 Å². The van der Waals surface area contributed by atoms with Gasteiger partial charge in [0.25, 0.3) is 0 Å². The average molecular weight is 462 g/mol. The lowest BCUT2D eigenvalue weighted by atomic mass is 10.2. The molecular formula is C18H27IO4Si. The smallest absolute Gasteiger partial charge is 0.333 e. The van der Waals surface area contributed by atoms with Crippen LogP contribution in [-0.4, -0.2) is 20.9 Å². The largest absolute Gasteiger partial charge is 0.464 e. The molecule has 0 aliphatic carbocycles. The van der Waals surface area contributed by atoms with Gasteiger partial charge in [-0.05, 0) is 65.3 Å². The second-order valence-electron chi connectivity index (χ2n) is 6.99. The lowest BCUT2D eigenvalue weighted by Crippen LogP contribution is -2.40. The summed E-state index contributed by atoms with van der Waals surface area (Å²) < 4.78 is 17.6. The van der Waals surface area contributed by atoms with E-state index in [0.717, 1.165) is 9.13 Å². The van der Waals surface area contributed by atoms with Gasteiger partial charge in [0.05, 0.1) is 29.1 Å². The number of carbonyl (C=O) groups excluding carboxylic acids is 1.